The first kappa shape index (κ1) is 14.6. The van der Waals surface area contributed by atoms with Crippen LogP contribution in [0.15, 0.2) is 30.3 Å². The van der Waals surface area contributed by atoms with Crippen molar-refractivity contribution in [3.63, 3.8) is 0 Å². The number of aryl methyl sites for hydroxylation is 1. The van der Waals surface area contributed by atoms with Crippen LogP contribution >= 0.6 is 0 Å². The first-order chi connectivity index (χ1) is 9.40. The summed E-state index contributed by atoms with van der Waals surface area (Å²) < 4.78 is 0. The van der Waals surface area contributed by atoms with Gasteiger partial charge in [-0.2, -0.15) is 0 Å². The molecule has 1 aliphatic rings. The maximum absolute atomic E-state index is 3.57. The van der Waals surface area contributed by atoms with Crippen LogP contribution in [0.3, 0.4) is 0 Å². The van der Waals surface area contributed by atoms with Crippen molar-refractivity contribution in [2.45, 2.75) is 63.8 Å². The molecule has 1 fully saturated rings. The normalized spacial score (nSPS) is 18.4. The van der Waals surface area contributed by atoms with Crippen molar-refractivity contribution in [1.29, 1.82) is 0 Å². The molecule has 1 N–H and O–H groups in total. The molecular weight excluding hydrogens is 230 g/mol. The van der Waals surface area contributed by atoms with Gasteiger partial charge >= 0.3 is 0 Å². The minimum Gasteiger partial charge on any atom is -0.317 e. The van der Waals surface area contributed by atoms with Gasteiger partial charge in [0, 0.05) is 6.04 Å². The Morgan fingerprint density at radius 2 is 1.79 bits per heavy atom. The standard InChI is InChI=1S/C18H29N/c1-19-18(17-13-6-3-7-14-17)15-9-8-12-16-10-4-2-5-11-16/h2,4-5,10-11,17-19H,3,6-9,12-15H2,1H3. The van der Waals surface area contributed by atoms with E-state index in [0.717, 1.165) is 12.0 Å². The highest BCUT2D eigenvalue weighted by Gasteiger charge is 2.21. The van der Waals surface area contributed by atoms with Crippen LogP contribution in [0.1, 0.15) is 56.9 Å². The van der Waals surface area contributed by atoms with Crippen LogP contribution in [-0.4, -0.2) is 13.1 Å². The quantitative estimate of drug-likeness (QED) is 0.707. The van der Waals surface area contributed by atoms with E-state index >= 15 is 0 Å². The summed E-state index contributed by atoms with van der Waals surface area (Å²) in [6.07, 6.45) is 12.5. The predicted octanol–water partition coefficient (Wildman–Crippen LogP) is 4.57. The minimum atomic E-state index is 0.760. The molecule has 0 bridgehead atoms. The van der Waals surface area contributed by atoms with Crippen LogP contribution in [0.25, 0.3) is 0 Å². The fourth-order valence-corrected chi connectivity index (χ4v) is 3.49. The number of benzene rings is 1. The molecule has 1 unspecified atom stereocenters. The first-order valence-electron chi connectivity index (χ1n) is 8.11. The molecule has 0 saturated heterocycles. The van der Waals surface area contributed by atoms with Gasteiger partial charge in [0.15, 0.2) is 0 Å². The minimum absolute atomic E-state index is 0.760. The van der Waals surface area contributed by atoms with Gasteiger partial charge in [-0.15, -0.1) is 0 Å². The summed E-state index contributed by atoms with van der Waals surface area (Å²) in [5.74, 6) is 0.940. The lowest BCUT2D eigenvalue weighted by Crippen LogP contribution is -2.34. The second-order valence-electron chi connectivity index (χ2n) is 6.02. The van der Waals surface area contributed by atoms with Gasteiger partial charge in [-0.3, -0.25) is 0 Å². The lowest BCUT2D eigenvalue weighted by molar-refractivity contribution is 0.263. The third-order valence-electron chi connectivity index (χ3n) is 4.66. The summed E-state index contributed by atoms with van der Waals surface area (Å²) in [5.41, 5.74) is 1.49. The zero-order valence-corrected chi connectivity index (χ0v) is 12.4. The summed E-state index contributed by atoms with van der Waals surface area (Å²) in [6.45, 7) is 0. The van der Waals surface area contributed by atoms with Crippen LogP contribution < -0.4 is 5.32 Å². The zero-order chi connectivity index (χ0) is 13.3. The van der Waals surface area contributed by atoms with E-state index in [1.807, 2.05) is 0 Å². The van der Waals surface area contributed by atoms with Crippen LogP contribution in [0.5, 0.6) is 0 Å². The Balaban J connectivity index is 1.65. The molecule has 1 aromatic carbocycles. The van der Waals surface area contributed by atoms with Crippen molar-refractivity contribution >= 4 is 0 Å². The van der Waals surface area contributed by atoms with Gasteiger partial charge < -0.3 is 5.32 Å². The molecule has 1 nitrogen and oxygen atoms in total. The summed E-state index contributed by atoms with van der Waals surface area (Å²) in [5, 5.41) is 3.57. The van der Waals surface area contributed by atoms with Gasteiger partial charge in [0.25, 0.3) is 0 Å². The van der Waals surface area contributed by atoms with Gasteiger partial charge in [0.1, 0.15) is 0 Å². The molecule has 1 saturated carbocycles. The topological polar surface area (TPSA) is 12.0 Å². The highest BCUT2D eigenvalue weighted by molar-refractivity contribution is 5.14. The molecule has 0 radical (unpaired) electrons. The van der Waals surface area contributed by atoms with Crippen LogP contribution in [0.2, 0.25) is 0 Å². The van der Waals surface area contributed by atoms with Crippen molar-refractivity contribution in [3.8, 4) is 0 Å². The average Bonchev–Trinajstić information content (AvgIpc) is 2.49. The monoisotopic (exact) mass is 259 g/mol. The number of nitrogens with one attached hydrogen (secondary N) is 1. The summed E-state index contributed by atoms with van der Waals surface area (Å²) >= 11 is 0. The fourth-order valence-electron chi connectivity index (χ4n) is 3.49. The second-order valence-corrected chi connectivity index (χ2v) is 6.02. The Labute approximate surface area is 118 Å². The maximum Gasteiger partial charge on any atom is 0.00923 e. The molecule has 0 spiro atoms. The van der Waals surface area contributed by atoms with Crippen molar-refractivity contribution in [3.05, 3.63) is 35.9 Å². The van der Waals surface area contributed by atoms with Crippen LogP contribution in [0, 0.1) is 5.92 Å². The number of rotatable bonds is 7. The van der Waals surface area contributed by atoms with E-state index in [2.05, 4.69) is 42.7 Å². The zero-order valence-electron chi connectivity index (χ0n) is 12.4. The molecule has 1 heteroatoms. The van der Waals surface area contributed by atoms with Crippen LogP contribution in [0.4, 0.5) is 0 Å². The summed E-state index contributed by atoms with van der Waals surface area (Å²) in [4.78, 5) is 0. The molecule has 0 aliphatic heterocycles. The van der Waals surface area contributed by atoms with Gasteiger partial charge in [0.2, 0.25) is 0 Å². The average molecular weight is 259 g/mol. The predicted molar refractivity (Wildman–Crippen MR) is 83.4 cm³/mol. The van der Waals surface area contributed by atoms with Crippen molar-refractivity contribution < 1.29 is 0 Å². The summed E-state index contributed by atoms with van der Waals surface area (Å²) in [6, 6.07) is 11.6. The third-order valence-corrected chi connectivity index (χ3v) is 4.66. The van der Waals surface area contributed by atoms with E-state index in [0.29, 0.717) is 0 Å². The molecule has 2 rings (SSSR count). The Kier molecular flexibility index (Phi) is 6.43. The first-order valence-corrected chi connectivity index (χ1v) is 8.11. The van der Waals surface area contributed by atoms with E-state index in [4.69, 9.17) is 0 Å². The van der Waals surface area contributed by atoms with E-state index < -0.39 is 0 Å². The highest BCUT2D eigenvalue weighted by atomic mass is 14.9. The number of hydrogen-bond donors (Lipinski definition) is 1. The SMILES string of the molecule is CNC(CCCCc1ccccc1)C1CCCCC1. The molecule has 1 aromatic rings. The number of unbranched alkanes of at least 4 members (excludes halogenated alkanes) is 1. The highest BCUT2D eigenvalue weighted by Crippen LogP contribution is 2.28. The van der Waals surface area contributed by atoms with E-state index in [1.165, 1.54) is 63.4 Å². The molecular formula is C18H29N. The molecule has 19 heavy (non-hydrogen) atoms. The Morgan fingerprint density at radius 1 is 1.05 bits per heavy atom. The molecule has 1 atom stereocenters. The lowest BCUT2D eigenvalue weighted by atomic mass is 9.82. The van der Waals surface area contributed by atoms with Gasteiger partial charge in [-0.25, -0.2) is 0 Å². The van der Waals surface area contributed by atoms with Crippen molar-refractivity contribution in [2.75, 3.05) is 7.05 Å². The Morgan fingerprint density at radius 3 is 2.47 bits per heavy atom. The van der Waals surface area contributed by atoms with E-state index in [9.17, 15) is 0 Å². The summed E-state index contributed by atoms with van der Waals surface area (Å²) in [7, 11) is 2.15. The van der Waals surface area contributed by atoms with Crippen molar-refractivity contribution in [1.82, 2.24) is 5.32 Å². The second kappa shape index (κ2) is 8.37. The maximum atomic E-state index is 3.57. The van der Waals surface area contributed by atoms with Gasteiger partial charge in [-0.1, -0.05) is 56.0 Å². The molecule has 0 amide bonds. The molecule has 106 valence electrons. The third kappa shape index (κ3) is 4.99. The van der Waals surface area contributed by atoms with Gasteiger partial charge in [-0.05, 0) is 50.6 Å². The van der Waals surface area contributed by atoms with E-state index in [-0.39, 0.29) is 0 Å². The Hall–Kier alpha value is -0.820. The smallest absolute Gasteiger partial charge is 0.00923 e. The lowest BCUT2D eigenvalue weighted by Gasteiger charge is -2.30. The fraction of sp³-hybridized carbons (Fsp3) is 0.667. The molecule has 1 aliphatic carbocycles. The Bertz CT molecular complexity index is 327. The van der Waals surface area contributed by atoms with Gasteiger partial charge in [0.05, 0.1) is 0 Å². The van der Waals surface area contributed by atoms with E-state index in [1.54, 1.807) is 0 Å². The molecule has 0 aromatic heterocycles. The van der Waals surface area contributed by atoms with Crippen LogP contribution in [-0.2, 0) is 6.42 Å². The number of hydrogen-bond acceptors (Lipinski definition) is 1. The largest absolute Gasteiger partial charge is 0.317 e. The van der Waals surface area contributed by atoms with Crippen molar-refractivity contribution in [2.24, 2.45) is 5.92 Å². The molecule has 0 heterocycles.